The molecule has 0 unspecified atom stereocenters. The van der Waals surface area contributed by atoms with Gasteiger partial charge in [0.2, 0.25) is 5.91 Å². The average Bonchev–Trinajstić information content (AvgIpc) is 3.45. The molecule has 0 aliphatic heterocycles. The van der Waals surface area contributed by atoms with Crippen LogP contribution in [0, 0.1) is 0 Å². The Hall–Kier alpha value is -4.70. The van der Waals surface area contributed by atoms with Crippen molar-refractivity contribution in [1.82, 2.24) is 9.55 Å². The fraction of sp³-hybridized carbons (Fsp3) is 0.0323. The molecule has 1 heterocycles. The number of benzene rings is 4. The van der Waals surface area contributed by atoms with Crippen molar-refractivity contribution < 1.29 is 4.79 Å². The first-order chi connectivity index (χ1) is 17.3. The summed E-state index contributed by atoms with van der Waals surface area (Å²) in [7, 11) is 0. The first-order valence-corrected chi connectivity index (χ1v) is 11.5. The smallest absolute Gasteiger partial charge is 0.249 e. The van der Waals surface area contributed by atoms with Crippen LogP contribution in [0.4, 0.5) is 5.69 Å². The number of nitrogens with one attached hydrogen (secondary N) is 1. The van der Waals surface area contributed by atoms with E-state index in [0.29, 0.717) is 0 Å². The summed E-state index contributed by atoms with van der Waals surface area (Å²) in [6, 6.07) is 36.2. The highest BCUT2D eigenvalue weighted by atomic mass is 16.1. The van der Waals surface area contributed by atoms with Crippen molar-refractivity contribution in [3.8, 4) is 5.69 Å². The fourth-order valence-corrected chi connectivity index (χ4v) is 4.12. The lowest BCUT2D eigenvalue weighted by Gasteiger charge is -2.11. The lowest BCUT2D eigenvalue weighted by Crippen LogP contribution is -2.09. The monoisotopic (exact) mass is 455 g/mol. The van der Waals surface area contributed by atoms with E-state index in [1.807, 2.05) is 102 Å². The van der Waals surface area contributed by atoms with Crippen LogP contribution >= 0.6 is 0 Å². The van der Waals surface area contributed by atoms with Crippen molar-refractivity contribution in [1.29, 1.82) is 0 Å². The molecule has 0 bridgehead atoms. The third-order valence-electron chi connectivity index (χ3n) is 5.84. The van der Waals surface area contributed by atoms with Crippen LogP contribution in [-0.4, -0.2) is 15.5 Å². The highest BCUT2D eigenvalue weighted by Gasteiger charge is 2.09. The lowest BCUT2D eigenvalue weighted by molar-refractivity contribution is -0.111. The third kappa shape index (κ3) is 5.45. The van der Waals surface area contributed by atoms with Crippen LogP contribution in [-0.2, 0) is 11.2 Å². The number of para-hydroxylation sites is 1. The van der Waals surface area contributed by atoms with E-state index < -0.39 is 0 Å². The largest absolute Gasteiger partial charge is 0.322 e. The predicted octanol–water partition coefficient (Wildman–Crippen LogP) is 6.53. The molecule has 5 aromatic rings. The van der Waals surface area contributed by atoms with Crippen LogP contribution in [0.1, 0.15) is 22.3 Å². The molecule has 170 valence electrons. The first-order valence-electron chi connectivity index (χ1n) is 11.5. The van der Waals surface area contributed by atoms with Crippen molar-refractivity contribution in [3.05, 3.63) is 156 Å². The Labute approximate surface area is 205 Å². The zero-order chi connectivity index (χ0) is 23.9. The minimum absolute atomic E-state index is 0.161. The van der Waals surface area contributed by atoms with Crippen LogP contribution in [0.5, 0.6) is 0 Å². The number of amides is 1. The van der Waals surface area contributed by atoms with Gasteiger partial charge in [0.25, 0.3) is 0 Å². The van der Waals surface area contributed by atoms with E-state index in [1.165, 1.54) is 11.1 Å². The predicted molar refractivity (Wildman–Crippen MR) is 141 cm³/mol. The molecular weight excluding hydrogens is 430 g/mol. The molecule has 0 aliphatic rings. The molecule has 0 spiro atoms. The number of hydrogen-bond donors (Lipinski definition) is 1. The second-order valence-corrected chi connectivity index (χ2v) is 8.25. The van der Waals surface area contributed by atoms with Crippen molar-refractivity contribution in [2.24, 2.45) is 0 Å². The molecule has 5 rings (SSSR count). The minimum Gasteiger partial charge on any atom is -0.322 e. The molecule has 4 aromatic carbocycles. The van der Waals surface area contributed by atoms with E-state index in [2.05, 4.69) is 34.6 Å². The van der Waals surface area contributed by atoms with Gasteiger partial charge < -0.3 is 9.88 Å². The van der Waals surface area contributed by atoms with Crippen LogP contribution < -0.4 is 5.32 Å². The molecule has 1 aromatic heterocycles. The summed E-state index contributed by atoms with van der Waals surface area (Å²) in [4.78, 5) is 17.1. The lowest BCUT2D eigenvalue weighted by atomic mass is 9.97. The van der Waals surface area contributed by atoms with Crippen molar-refractivity contribution in [2.75, 3.05) is 5.32 Å². The van der Waals surface area contributed by atoms with Crippen molar-refractivity contribution in [2.45, 2.75) is 6.42 Å². The second-order valence-electron chi connectivity index (χ2n) is 8.25. The van der Waals surface area contributed by atoms with E-state index in [0.717, 1.165) is 34.5 Å². The summed E-state index contributed by atoms with van der Waals surface area (Å²) in [5.74, 6) is -0.161. The average molecular weight is 456 g/mol. The number of nitrogens with zero attached hydrogens (tertiary/aromatic N) is 2. The summed E-state index contributed by atoms with van der Waals surface area (Å²) in [5.41, 5.74) is 7.14. The molecular formula is C31H25N3O. The number of carbonyl (C=O) groups is 1. The number of anilines is 1. The van der Waals surface area contributed by atoms with E-state index >= 15 is 0 Å². The summed E-state index contributed by atoms with van der Waals surface area (Å²) >= 11 is 0. The Morgan fingerprint density at radius 2 is 1.40 bits per heavy atom. The zero-order valence-electron chi connectivity index (χ0n) is 19.2. The standard InChI is InChI=1S/C31H25N3O/c35-31(22-29(25-9-3-1-4-10-25)26-11-5-2-6-12-26)33-28-17-15-24(16-18-28)21-27-13-7-8-14-30(27)34-20-19-32-23-34/h1-20,22-23H,21H2,(H,33,35). The Bertz CT molecular complexity index is 1380. The van der Waals surface area contributed by atoms with Gasteiger partial charge in [0.15, 0.2) is 0 Å². The highest BCUT2D eigenvalue weighted by Crippen LogP contribution is 2.24. The van der Waals surface area contributed by atoms with Gasteiger partial charge in [-0.15, -0.1) is 0 Å². The minimum atomic E-state index is -0.161. The van der Waals surface area contributed by atoms with Gasteiger partial charge in [-0.25, -0.2) is 4.98 Å². The Kier molecular flexibility index (Phi) is 6.63. The first kappa shape index (κ1) is 22.1. The van der Waals surface area contributed by atoms with Gasteiger partial charge in [0, 0.05) is 29.8 Å². The molecule has 35 heavy (non-hydrogen) atoms. The Morgan fingerprint density at radius 1 is 0.771 bits per heavy atom. The van der Waals surface area contributed by atoms with Gasteiger partial charge in [-0.2, -0.15) is 0 Å². The molecule has 0 saturated heterocycles. The molecule has 0 fully saturated rings. The maximum atomic E-state index is 12.9. The molecule has 4 heteroatoms. The summed E-state index contributed by atoms with van der Waals surface area (Å²) in [6.07, 6.45) is 7.99. The zero-order valence-corrected chi connectivity index (χ0v) is 19.2. The van der Waals surface area contributed by atoms with Gasteiger partial charge in [0.1, 0.15) is 0 Å². The maximum Gasteiger partial charge on any atom is 0.249 e. The van der Waals surface area contributed by atoms with Crippen LogP contribution in [0.3, 0.4) is 0 Å². The summed E-state index contributed by atoms with van der Waals surface area (Å²) < 4.78 is 2.02. The number of aromatic nitrogens is 2. The summed E-state index contributed by atoms with van der Waals surface area (Å²) in [5, 5.41) is 3.01. The quantitative estimate of drug-likeness (QED) is 0.284. The Balaban J connectivity index is 1.32. The number of imidazole rings is 1. The van der Waals surface area contributed by atoms with Gasteiger partial charge in [0.05, 0.1) is 6.33 Å². The highest BCUT2D eigenvalue weighted by molar-refractivity contribution is 6.06. The second kappa shape index (κ2) is 10.5. The fourth-order valence-electron chi connectivity index (χ4n) is 4.12. The molecule has 0 radical (unpaired) electrons. The van der Waals surface area contributed by atoms with E-state index in [4.69, 9.17) is 0 Å². The molecule has 1 N–H and O–H groups in total. The van der Waals surface area contributed by atoms with Crippen LogP contribution in [0.2, 0.25) is 0 Å². The van der Waals surface area contributed by atoms with E-state index in [9.17, 15) is 4.79 Å². The Morgan fingerprint density at radius 3 is 2.03 bits per heavy atom. The normalized spacial score (nSPS) is 10.5. The number of hydrogen-bond acceptors (Lipinski definition) is 2. The van der Waals surface area contributed by atoms with E-state index in [1.54, 1.807) is 12.3 Å². The van der Waals surface area contributed by atoms with Gasteiger partial charge in [-0.05, 0) is 52.4 Å². The summed E-state index contributed by atoms with van der Waals surface area (Å²) in [6.45, 7) is 0. The molecule has 1 amide bonds. The number of rotatable bonds is 7. The molecule has 0 atom stereocenters. The van der Waals surface area contributed by atoms with Gasteiger partial charge >= 0.3 is 0 Å². The molecule has 0 aliphatic carbocycles. The van der Waals surface area contributed by atoms with Crippen LogP contribution in [0.15, 0.2) is 134 Å². The molecule has 4 nitrogen and oxygen atoms in total. The maximum absolute atomic E-state index is 12.9. The topological polar surface area (TPSA) is 46.9 Å². The van der Waals surface area contributed by atoms with Crippen molar-refractivity contribution >= 4 is 17.2 Å². The number of carbonyl (C=O) groups excluding carboxylic acids is 1. The third-order valence-corrected chi connectivity index (χ3v) is 5.84. The SMILES string of the molecule is O=C(C=C(c1ccccc1)c1ccccc1)Nc1ccc(Cc2ccccc2-n2ccnc2)cc1. The van der Waals surface area contributed by atoms with Gasteiger partial charge in [-0.1, -0.05) is 91.0 Å². The molecule has 0 saturated carbocycles. The van der Waals surface area contributed by atoms with Gasteiger partial charge in [-0.3, -0.25) is 4.79 Å². The van der Waals surface area contributed by atoms with E-state index in [-0.39, 0.29) is 5.91 Å². The van der Waals surface area contributed by atoms with Crippen molar-refractivity contribution in [3.63, 3.8) is 0 Å². The van der Waals surface area contributed by atoms with Crippen LogP contribution in [0.25, 0.3) is 11.3 Å².